The molecule has 2 N–H and O–H groups in total. The lowest BCUT2D eigenvalue weighted by Gasteiger charge is -2.66. The van der Waals surface area contributed by atoms with E-state index in [1.807, 2.05) is 56.5 Å². The van der Waals surface area contributed by atoms with Gasteiger partial charge in [-0.15, -0.1) is 6.58 Å². The van der Waals surface area contributed by atoms with E-state index in [2.05, 4.69) is 18.4 Å². The Morgan fingerprint density at radius 3 is 2.89 bits per heavy atom. The first-order valence-electron chi connectivity index (χ1n) is 13.3. The average Bonchev–Trinajstić information content (AvgIpc) is 3.23. The largest absolute Gasteiger partial charge is 0.504 e. The van der Waals surface area contributed by atoms with Crippen molar-refractivity contribution in [2.45, 2.75) is 62.3 Å². The summed E-state index contributed by atoms with van der Waals surface area (Å²) in [6.07, 6.45) is 6.96. The minimum Gasteiger partial charge on any atom is -0.504 e. The first kappa shape index (κ1) is 24.3. The number of benzene rings is 2. The Balaban J connectivity index is 1.41. The second-order valence-corrected chi connectivity index (χ2v) is 11.4. The molecule has 2 aliphatic heterocycles. The molecule has 0 unspecified atom stereocenters. The van der Waals surface area contributed by atoms with Crippen LogP contribution in [-0.2, 0) is 16.6 Å². The van der Waals surface area contributed by atoms with E-state index in [-0.39, 0.29) is 29.7 Å². The molecule has 4 aliphatic rings. The van der Waals surface area contributed by atoms with Gasteiger partial charge in [0, 0.05) is 31.3 Å². The van der Waals surface area contributed by atoms with Crippen molar-refractivity contribution < 1.29 is 19.7 Å². The number of hydrogen-bond donors (Lipinski definition) is 2. The molecule has 1 spiro atoms. The van der Waals surface area contributed by atoms with Gasteiger partial charge in [-0.2, -0.15) is 0 Å². The smallest absolute Gasteiger partial charge is 0.246 e. The molecular weight excluding hydrogens is 464 g/mol. The van der Waals surface area contributed by atoms with Crippen LogP contribution < -0.4 is 4.74 Å². The number of likely N-dealkylation sites (N-methyl/N-ethyl adjacent to an activating group) is 1. The van der Waals surface area contributed by atoms with Gasteiger partial charge in [-0.3, -0.25) is 9.69 Å². The monoisotopic (exact) mass is 500 g/mol. The van der Waals surface area contributed by atoms with E-state index in [1.54, 1.807) is 17.0 Å². The number of aliphatic hydroxyl groups is 1. The highest BCUT2D eigenvalue weighted by Gasteiger charge is 2.75. The van der Waals surface area contributed by atoms with Gasteiger partial charge in [0.2, 0.25) is 5.91 Å². The number of nitrogens with zero attached hydrogens (tertiary/aromatic N) is 2. The van der Waals surface area contributed by atoms with Crippen molar-refractivity contribution in [1.82, 2.24) is 9.80 Å². The zero-order valence-electron chi connectivity index (χ0n) is 21.9. The lowest BCUT2D eigenvalue weighted by atomic mass is 9.45. The van der Waals surface area contributed by atoms with Crippen LogP contribution in [0.4, 0.5) is 0 Å². The Morgan fingerprint density at radius 2 is 2.14 bits per heavy atom. The maximum absolute atomic E-state index is 13.4. The number of phenols is 1. The van der Waals surface area contributed by atoms with Gasteiger partial charge in [-0.25, -0.2) is 0 Å². The summed E-state index contributed by atoms with van der Waals surface area (Å²) in [5.41, 5.74) is 2.49. The number of rotatable bonds is 5. The van der Waals surface area contributed by atoms with Crippen LogP contribution in [-0.4, -0.2) is 69.8 Å². The molecule has 6 atom stereocenters. The van der Waals surface area contributed by atoms with Gasteiger partial charge >= 0.3 is 0 Å². The maximum atomic E-state index is 13.4. The van der Waals surface area contributed by atoms with Crippen LogP contribution in [0.3, 0.4) is 0 Å². The van der Waals surface area contributed by atoms with Crippen LogP contribution >= 0.6 is 0 Å². The highest BCUT2D eigenvalue weighted by Crippen LogP contribution is 2.67. The van der Waals surface area contributed by atoms with Crippen molar-refractivity contribution in [3.05, 3.63) is 77.4 Å². The van der Waals surface area contributed by atoms with E-state index in [4.69, 9.17) is 4.74 Å². The molecule has 2 aromatic rings. The Morgan fingerprint density at radius 1 is 1.32 bits per heavy atom. The van der Waals surface area contributed by atoms with Crippen LogP contribution in [0.1, 0.15) is 42.0 Å². The fraction of sp³-hybridized carbons (Fsp3) is 0.452. The quantitative estimate of drug-likeness (QED) is 0.482. The van der Waals surface area contributed by atoms with E-state index < -0.39 is 17.1 Å². The van der Waals surface area contributed by atoms with Crippen LogP contribution in [0.2, 0.25) is 0 Å². The minimum absolute atomic E-state index is 0.0765. The van der Waals surface area contributed by atoms with Crippen molar-refractivity contribution >= 4 is 12.0 Å². The van der Waals surface area contributed by atoms with Crippen LogP contribution in [0, 0.1) is 12.8 Å². The third-order valence-electron chi connectivity index (χ3n) is 9.63. The number of ether oxygens (including phenoxy) is 1. The topological polar surface area (TPSA) is 73.2 Å². The molecule has 1 saturated carbocycles. The second kappa shape index (κ2) is 8.47. The van der Waals surface area contributed by atoms with Crippen molar-refractivity contribution in [3.63, 3.8) is 0 Å². The molecule has 6 nitrogen and oxygen atoms in total. The normalized spacial score (nSPS) is 33.6. The number of piperidine rings is 1. The van der Waals surface area contributed by atoms with Gasteiger partial charge in [0.15, 0.2) is 11.5 Å². The van der Waals surface area contributed by atoms with Crippen LogP contribution in [0.5, 0.6) is 11.5 Å². The number of amides is 1. The van der Waals surface area contributed by atoms with Crippen molar-refractivity contribution in [3.8, 4) is 11.5 Å². The van der Waals surface area contributed by atoms with Gasteiger partial charge in [0.1, 0.15) is 6.10 Å². The summed E-state index contributed by atoms with van der Waals surface area (Å²) in [4.78, 5) is 17.6. The molecule has 1 amide bonds. The maximum Gasteiger partial charge on any atom is 0.246 e. The number of carbonyl (C=O) groups excluding carboxylic acids is 1. The molecule has 2 bridgehead atoms. The lowest BCUT2D eigenvalue weighted by molar-refractivity contribution is -0.222. The summed E-state index contributed by atoms with van der Waals surface area (Å²) >= 11 is 0. The predicted octanol–water partition coefficient (Wildman–Crippen LogP) is 3.83. The summed E-state index contributed by atoms with van der Waals surface area (Å²) in [6.45, 7) is 9.62. The first-order chi connectivity index (χ1) is 17.7. The van der Waals surface area contributed by atoms with Gasteiger partial charge in [-0.05, 0) is 61.9 Å². The molecule has 2 aliphatic carbocycles. The minimum atomic E-state index is -1.04. The van der Waals surface area contributed by atoms with E-state index in [1.165, 1.54) is 0 Å². The summed E-state index contributed by atoms with van der Waals surface area (Å²) in [6, 6.07) is 11.4. The number of phenolic OH excluding ortho intramolecular Hbond substituents is 1. The Labute approximate surface area is 218 Å². The molecule has 0 radical (unpaired) electrons. The highest BCUT2D eigenvalue weighted by molar-refractivity contribution is 5.92. The van der Waals surface area contributed by atoms with Gasteiger partial charge in [0.05, 0.1) is 17.1 Å². The molecule has 6 rings (SSSR count). The Bertz CT molecular complexity index is 1300. The number of aromatic hydroxyl groups is 1. The summed E-state index contributed by atoms with van der Waals surface area (Å²) in [5.74, 6) is 0.428. The summed E-state index contributed by atoms with van der Waals surface area (Å²) in [7, 11) is 1.83. The van der Waals surface area contributed by atoms with Crippen LogP contribution in [0.25, 0.3) is 6.08 Å². The molecule has 1 saturated heterocycles. The van der Waals surface area contributed by atoms with E-state index >= 15 is 0 Å². The molecule has 194 valence electrons. The molecule has 6 heteroatoms. The van der Waals surface area contributed by atoms with Crippen molar-refractivity contribution in [1.29, 1.82) is 0 Å². The van der Waals surface area contributed by atoms with Crippen molar-refractivity contribution in [2.75, 3.05) is 20.1 Å². The molecule has 0 aromatic heterocycles. The van der Waals surface area contributed by atoms with E-state index in [0.717, 1.165) is 28.8 Å². The molecular formula is C31H36N2O4. The summed E-state index contributed by atoms with van der Waals surface area (Å²) in [5, 5.41) is 23.6. The number of carbonyl (C=O) groups is 1. The number of likely N-dealkylation sites (tertiary alicyclic amines) is 1. The van der Waals surface area contributed by atoms with Gasteiger partial charge in [0.25, 0.3) is 0 Å². The average molecular weight is 501 g/mol. The third kappa shape index (κ3) is 3.21. The molecule has 2 fully saturated rings. The second-order valence-electron chi connectivity index (χ2n) is 11.4. The van der Waals surface area contributed by atoms with Crippen LogP contribution in [0.15, 0.2) is 55.1 Å². The van der Waals surface area contributed by atoms with Gasteiger partial charge < -0.3 is 19.8 Å². The zero-order chi connectivity index (χ0) is 26.1. The number of hydrogen-bond acceptors (Lipinski definition) is 5. The molecule has 2 heterocycles. The highest BCUT2D eigenvalue weighted by atomic mass is 16.5. The fourth-order valence-corrected chi connectivity index (χ4v) is 8.01. The third-order valence-corrected chi connectivity index (χ3v) is 9.63. The molecule has 2 aromatic carbocycles. The fourth-order valence-electron chi connectivity index (χ4n) is 8.01. The summed E-state index contributed by atoms with van der Waals surface area (Å²) < 4.78 is 6.61. The first-order valence-corrected chi connectivity index (χ1v) is 13.3. The van der Waals surface area contributed by atoms with Crippen molar-refractivity contribution in [2.24, 2.45) is 5.92 Å². The molecule has 37 heavy (non-hydrogen) atoms. The predicted molar refractivity (Wildman–Crippen MR) is 144 cm³/mol. The van der Waals surface area contributed by atoms with Gasteiger partial charge in [-0.1, -0.05) is 48.9 Å². The Kier molecular flexibility index (Phi) is 5.55. The zero-order valence-corrected chi connectivity index (χ0v) is 21.9. The van der Waals surface area contributed by atoms with E-state index in [9.17, 15) is 15.0 Å². The Hall–Kier alpha value is -3.09. The standard InChI is InChI=1S/C31H36N2O4/c1-5-14-33-15-13-30-27-22-10-11-24(34)28(27)37-29(30)23(17-20(3)31(30,36)25(33)18-22)32(4)26(35)12-9-21-8-6-7-19(2)16-21/h5-12,16,20,23,25,29,34,36H,1,13-15,17-18H2,2-4H3/t20-,23-,25+,29-,30-,31+/m0/s1. The number of aryl methyl sites for hydroxylation is 1. The van der Waals surface area contributed by atoms with E-state index in [0.29, 0.717) is 31.6 Å². The SMILES string of the molecule is C=CCN1CC[C@]23c4c5ccc(O)c4O[C@H]2[C@@H](N(C)C(=O)C=Cc2cccc(C)c2)C[C@H](C)[C@@]3(O)[C@H]1C5. The lowest BCUT2D eigenvalue weighted by Crippen LogP contribution is -2.80.